The monoisotopic (exact) mass is 367 g/mol. The molecule has 4 unspecified atom stereocenters. The Morgan fingerprint density at radius 2 is 1.88 bits per heavy atom. The molecule has 0 aromatic heterocycles. The molecule has 2 saturated carbocycles. The number of carbonyl (C=O) groups is 1. The zero-order valence-corrected chi connectivity index (χ0v) is 15.0. The van der Waals surface area contributed by atoms with E-state index in [0.717, 1.165) is 37.7 Å². The molecule has 0 spiro atoms. The fourth-order valence-corrected chi connectivity index (χ4v) is 4.29. The summed E-state index contributed by atoms with van der Waals surface area (Å²) >= 11 is 0. The molecule has 1 amide bonds. The Hall–Kier alpha value is -1.66. The first-order valence-corrected chi connectivity index (χ1v) is 8.83. The number of nitrogens with two attached hydrogens (primary N) is 1. The molecule has 7 heteroatoms. The van der Waals surface area contributed by atoms with Gasteiger partial charge in [0.2, 0.25) is 5.91 Å². The molecule has 2 bridgehead atoms. The van der Waals surface area contributed by atoms with Crippen LogP contribution in [0.25, 0.3) is 0 Å². The van der Waals surface area contributed by atoms with Gasteiger partial charge in [-0.15, -0.1) is 12.4 Å². The summed E-state index contributed by atoms with van der Waals surface area (Å²) in [6.07, 6.45) is 6.17. The summed E-state index contributed by atoms with van der Waals surface area (Å²) in [6, 6.07) is 6.71. The highest BCUT2D eigenvalue weighted by Gasteiger charge is 2.48. The van der Waals surface area contributed by atoms with Crippen molar-refractivity contribution in [3.63, 3.8) is 0 Å². The highest BCUT2D eigenvalue weighted by atomic mass is 35.5. The lowest BCUT2D eigenvalue weighted by molar-refractivity contribution is -0.384. The van der Waals surface area contributed by atoms with Gasteiger partial charge in [-0.2, -0.15) is 0 Å². The van der Waals surface area contributed by atoms with Gasteiger partial charge < -0.3 is 11.1 Å². The summed E-state index contributed by atoms with van der Waals surface area (Å²) in [5, 5.41) is 13.7. The SMILES string of the molecule is Cl.NC1C2CCC(C2)C1C(=O)NCCCCc1ccc([N+](=O)[O-])cc1. The fourth-order valence-electron chi connectivity index (χ4n) is 4.29. The predicted molar refractivity (Wildman–Crippen MR) is 98.6 cm³/mol. The Labute approximate surface area is 154 Å². The van der Waals surface area contributed by atoms with Crippen molar-refractivity contribution in [3.05, 3.63) is 39.9 Å². The molecule has 0 saturated heterocycles. The Morgan fingerprint density at radius 3 is 2.48 bits per heavy atom. The molecular formula is C18H26ClN3O3. The number of nitrogens with one attached hydrogen (secondary N) is 1. The maximum absolute atomic E-state index is 12.3. The minimum Gasteiger partial charge on any atom is -0.356 e. The Balaban J connectivity index is 0.00000225. The lowest BCUT2D eigenvalue weighted by Crippen LogP contribution is -2.45. The van der Waals surface area contributed by atoms with Crippen LogP contribution in [0.2, 0.25) is 0 Å². The number of nitro benzene ring substituents is 1. The van der Waals surface area contributed by atoms with Gasteiger partial charge in [-0.1, -0.05) is 12.1 Å². The molecule has 0 aliphatic heterocycles. The van der Waals surface area contributed by atoms with Crippen LogP contribution in [-0.2, 0) is 11.2 Å². The van der Waals surface area contributed by atoms with Crippen molar-refractivity contribution in [3.8, 4) is 0 Å². The maximum Gasteiger partial charge on any atom is 0.269 e. The van der Waals surface area contributed by atoms with Crippen LogP contribution in [0.5, 0.6) is 0 Å². The summed E-state index contributed by atoms with van der Waals surface area (Å²) in [5.41, 5.74) is 7.40. The second kappa shape index (κ2) is 8.63. The van der Waals surface area contributed by atoms with Crippen molar-refractivity contribution in [1.82, 2.24) is 5.32 Å². The lowest BCUT2D eigenvalue weighted by Gasteiger charge is -2.27. The average molecular weight is 368 g/mol. The number of non-ortho nitro benzene ring substituents is 1. The van der Waals surface area contributed by atoms with E-state index in [1.165, 1.54) is 18.6 Å². The van der Waals surface area contributed by atoms with Gasteiger partial charge in [-0.05, 0) is 55.9 Å². The number of nitrogens with zero attached hydrogens (tertiary/aromatic N) is 1. The van der Waals surface area contributed by atoms with Gasteiger partial charge in [0.05, 0.1) is 10.8 Å². The molecule has 2 aliphatic carbocycles. The minimum absolute atomic E-state index is 0. The smallest absolute Gasteiger partial charge is 0.269 e. The first-order chi connectivity index (χ1) is 11.6. The third kappa shape index (κ3) is 4.50. The van der Waals surface area contributed by atoms with E-state index in [1.807, 2.05) is 0 Å². The Morgan fingerprint density at radius 1 is 1.20 bits per heavy atom. The number of halogens is 1. The van der Waals surface area contributed by atoms with Crippen LogP contribution in [0.4, 0.5) is 5.69 Å². The van der Waals surface area contributed by atoms with Gasteiger partial charge in [0.25, 0.3) is 5.69 Å². The zero-order chi connectivity index (χ0) is 17.1. The number of amides is 1. The molecule has 0 heterocycles. The van der Waals surface area contributed by atoms with Gasteiger partial charge in [0.1, 0.15) is 0 Å². The molecule has 2 fully saturated rings. The molecular weight excluding hydrogens is 342 g/mol. The van der Waals surface area contributed by atoms with Gasteiger partial charge >= 0.3 is 0 Å². The number of hydrogen-bond donors (Lipinski definition) is 2. The molecule has 2 aliphatic rings. The van der Waals surface area contributed by atoms with Gasteiger partial charge in [-0.25, -0.2) is 0 Å². The first kappa shape index (κ1) is 19.7. The second-order valence-corrected chi connectivity index (χ2v) is 7.11. The third-order valence-corrected chi connectivity index (χ3v) is 5.62. The Bertz CT molecular complexity index is 606. The largest absolute Gasteiger partial charge is 0.356 e. The molecule has 1 aromatic rings. The number of unbranched alkanes of at least 4 members (excludes halogenated alkanes) is 1. The maximum atomic E-state index is 12.3. The number of hydrogen-bond acceptors (Lipinski definition) is 4. The highest BCUT2D eigenvalue weighted by Crippen LogP contribution is 2.47. The summed E-state index contributed by atoms with van der Waals surface area (Å²) in [7, 11) is 0. The summed E-state index contributed by atoms with van der Waals surface area (Å²) in [5.74, 6) is 1.18. The topological polar surface area (TPSA) is 98.3 Å². The van der Waals surface area contributed by atoms with E-state index in [2.05, 4.69) is 5.32 Å². The van der Waals surface area contributed by atoms with Crippen molar-refractivity contribution in [2.75, 3.05) is 6.54 Å². The molecule has 3 N–H and O–H groups in total. The van der Waals surface area contributed by atoms with Crippen LogP contribution in [0, 0.1) is 27.9 Å². The van der Waals surface area contributed by atoms with E-state index in [1.54, 1.807) is 12.1 Å². The third-order valence-electron chi connectivity index (χ3n) is 5.62. The van der Waals surface area contributed by atoms with Crippen LogP contribution < -0.4 is 11.1 Å². The van der Waals surface area contributed by atoms with Gasteiger partial charge in [0.15, 0.2) is 0 Å². The first-order valence-electron chi connectivity index (χ1n) is 8.83. The summed E-state index contributed by atoms with van der Waals surface area (Å²) in [4.78, 5) is 22.5. The highest BCUT2D eigenvalue weighted by molar-refractivity contribution is 5.85. The summed E-state index contributed by atoms with van der Waals surface area (Å²) < 4.78 is 0. The van der Waals surface area contributed by atoms with Crippen molar-refractivity contribution >= 4 is 24.0 Å². The van der Waals surface area contributed by atoms with E-state index < -0.39 is 0 Å². The van der Waals surface area contributed by atoms with Crippen LogP contribution in [0.3, 0.4) is 0 Å². The molecule has 138 valence electrons. The van der Waals surface area contributed by atoms with Crippen molar-refractivity contribution in [2.24, 2.45) is 23.5 Å². The van der Waals surface area contributed by atoms with Crippen LogP contribution in [0.1, 0.15) is 37.7 Å². The number of benzene rings is 1. The molecule has 25 heavy (non-hydrogen) atoms. The van der Waals surface area contributed by atoms with Crippen molar-refractivity contribution < 1.29 is 9.72 Å². The number of rotatable bonds is 7. The van der Waals surface area contributed by atoms with E-state index in [0.29, 0.717) is 18.4 Å². The van der Waals surface area contributed by atoms with Crippen molar-refractivity contribution in [2.45, 2.75) is 44.6 Å². The quantitative estimate of drug-likeness (QED) is 0.439. The van der Waals surface area contributed by atoms with Crippen LogP contribution >= 0.6 is 12.4 Å². The molecule has 1 aromatic carbocycles. The molecule has 3 rings (SSSR count). The van der Waals surface area contributed by atoms with Gasteiger partial charge in [-0.3, -0.25) is 14.9 Å². The van der Waals surface area contributed by atoms with E-state index in [4.69, 9.17) is 5.73 Å². The van der Waals surface area contributed by atoms with Crippen LogP contribution in [0.15, 0.2) is 24.3 Å². The lowest BCUT2D eigenvalue weighted by atomic mass is 9.84. The normalized spacial score (nSPS) is 26.9. The standard InChI is InChI=1S/C18H25N3O3.ClH/c19-17-14-7-6-13(11-14)16(17)18(22)20-10-2-1-3-12-4-8-15(9-5-12)21(23)24;/h4-5,8-9,13-14,16-17H,1-3,6-7,10-11,19H2,(H,20,22);1H. The van der Waals surface area contributed by atoms with E-state index in [-0.39, 0.29) is 40.9 Å². The fraction of sp³-hybridized carbons (Fsp3) is 0.611. The Kier molecular flexibility index (Phi) is 6.79. The number of fused-ring (bicyclic) bond motifs is 2. The minimum atomic E-state index is -0.389. The van der Waals surface area contributed by atoms with Gasteiger partial charge in [0, 0.05) is 24.7 Å². The number of nitro groups is 1. The van der Waals surface area contributed by atoms with Crippen LogP contribution in [-0.4, -0.2) is 23.4 Å². The van der Waals surface area contributed by atoms with E-state index >= 15 is 0 Å². The number of carbonyl (C=O) groups excluding carboxylic acids is 1. The molecule has 4 atom stereocenters. The molecule has 6 nitrogen and oxygen atoms in total. The second-order valence-electron chi connectivity index (χ2n) is 7.11. The van der Waals surface area contributed by atoms with Crippen molar-refractivity contribution in [1.29, 1.82) is 0 Å². The predicted octanol–water partition coefficient (Wildman–Crippen LogP) is 2.83. The average Bonchev–Trinajstić information content (AvgIpc) is 3.16. The molecule has 0 radical (unpaired) electrons. The summed E-state index contributed by atoms with van der Waals surface area (Å²) in [6.45, 7) is 0.673. The van der Waals surface area contributed by atoms with E-state index in [9.17, 15) is 14.9 Å². The zero-order valence-electron chi connectivity index (χ0n) is 14.2. The number of aryl methyl sites for hydroxylation is 1.